The van der Waals surface area contributed by atoms with Crippen LogP contribution in [0.4, 0.5) is 0 Å². The van der Waals surface area contributed by atoms with Gasteiger partial charge in [0.15, 0.2) is 0 Å². The van der Waals surface area contributed by atoms with Crippen molar-refractivity contribution in [1.82, 2.24) is 0 Å². The lowest BCUT2D eigenvalue weighted by atomic mass is 9.65. The number of carboxylic acids is 2. The first kappa shape index (κ1) is 11.9. The van der Waals surface area contributed by atoms with E-state index in [9.17, 15) is 19.8 Å². The topological polar surface area (TPSA) is 74.6 Å². The Balaban J connectivity index is 2.50. The Morgan fingerprint density at radius 1 is 1.35 bits per heavy atom. The number of rotatable bonds is 3. The SMILES string of the molecule is CC1=C(C(=O)O)C(C)C(C(=O)O)(C2CC2)C=C1. The van der Waals surface area contributed by atoms with Crippen LogP contribution in [-0.2, 0) is 9.59 Å². The van der Waals surface area contributed by atoms with Crippen molar-refractivity contribution in [1.29, 1.82) is 0 Å². The summed E-state index contributed by atoms with van der Waals surface area (Å²) in [4.78, 5) is 22.8. The lowest BCUT2D eigenvalue weighted by Gasteiger charge is -2.36. The first-order valence-corrected chi connectivity index (χ1v) is 5.78. The predicted octanol–water partition coefficient (Wildman–Crippen LogP) is 2.07. The Morgan fingerprint density at radius 3 is 2.35 bits per heavy atom. The van der Waals surface area contributed by atoms with Crippen LogP contribution in [0, 0.1) is 17.3 Å². The standard InChI is InChI=1S/C13H16O4/c1-7-5-6-13(12(16)17,9-3-4-9)8(2)10(7)11(14)15/h5-6,8-9H,3-4H2,1-2H3,(H,14,15)(H,16,17). The molecule has 0 saturated heterocycles. The summed E-state index contributed by atoms with van der Waals surface area (Å²) in [6.07, 6.45) is 5.08. The normalized spacial score (nSPS) is 32.7. The third kappa shape index (κ3) is 1.59. The van der Waals surface area contributed by atoms with E-state index < -0.39 is 23.3 Å². The van der Waals surface area contributed by atoms with Crippen molar-refractivity contribution in [3.8, 4) is 0 Å². The highest BCUT2D eigenvalue weighted by atomic mass is 16.4. The van der Waals surface area contributed by atoms with Gasteiger partial charge in [0, 0.05) is 11.5 Å². The molecule has 92 valence electrons. The molecular formula is C13H16O4. The van der Waals surface area contributed by atoms with Gasteiger partial charge in [0.05, 0.1) is 5.41 Å². The molecule has 4 nitrogen and oxygen atoms in total. The second kappa shape index (κ2) is 3.72. The molecule has 2 rings (SSSR count). The van der Waals surface area contributed by atoms with Gasteiger partial charge >= 0.3 is 11.9 Å². The smallest absolute Gasteiger partial charge is 0.332 e. The summed E-state index contributed by atoms with van der Waals surface area (Å²) in [7, 11) is 0. The molecule has 0 aromatic heterocycles. The fourth-order valence-corrected chi connectivity index (χ4v) is 2.91. The summed E-state index contributed by atoms with van der Waals surface area (Å²) in [5, 5.41) is 18.7. The van der Waals surface area contributed by atoms with Crippen molar-refractivity contribution in [2.75, 3.05) is 0 Å². The Labute approximate surface area is 99.6 Å². The van der Waals surface area contributed by atoms with E-state index in [-0.39, 0.29) is 11.5 Å². The molecule has 0 aromatic rings. The van der Waals surface area contributed by atoms with Gasteiger partial charge < -0.3 is 10.2 Å². The van der Waals surface area contributed by atoms with E-state index >= 15 is 0 Å². The molecule has 2 atom stereocenters. The highest BCUT2D eigenvalue weighted by Gasteiger charge is 2.55. The van der Waals surface area contributed by atoms with E-state index in [0.717, 1.165) is 12.8 Å². The molecule has 0 amide bonds. The molecule has 2 aliphatic rings. The van der Waals surface area contributed by atoms with Crippen LogP contribution in [0.15, 0.2) is 23.3 Å². The van der Waals surface area contributed by atoms with Crippen molar-refractivity contribution in [3.05, 3.63) is 23.3 Å². The van der Waals surface area contributed by atoms with Crippen molar-refractivity contribution < 1.29 is 19.8 Å². The van der Waals surface area contributed by atoms with Gasteiger partial charge in [-0.25, -0.2) is 4.79 Å². The minimum atomic E-state index is -1.02. The molecule has 0 bridgehead atoms. The van der Waals surface area contributed by atoms with Gasteiger partial charge in [0.1, 0.15) is 0 Å². The number of carbonyl (C=O) groups is 2. The van der Waals surface area contributed by atoms with Crippen LogP contribution in [0.5, 0.6) is 0 Å². The zero-order valence-electron chi connectivity index (χ0n) is 9.93. The van der Waals surface area contributed by atoms with Crippen LogP contribution in [0.2, 0.25) is 0 Å². The van der Waals surface area contributed by atoms with E-state index in [0.29, 0.717) is 5.57 Å². The predicted molar refractivity (Wildman–Crippen MR) is 61.4 cm³/mol. The highest BCUT2D eigenvalue weighted by molar-refractivity contribution is 5.92. The zero-order valence-corrected chi connectivity index (χ0v) is 9.93. The first-order valence-electron chi connectivity index (χ1n) is 5.78. The molecule has 4 heteroatoms. The number of aliphatic carboxylic acids is 2. The van der Waals surface area contributed by atoms with Crippen LogP contribution in [0.1, 0.15) is 26.7 Å². The fourth-order valence-electron chi connectivity index (χ4n) is 2.91. The molecule has 2 aliphatic carbocycles. The third-order valence-electron chi connectivity index (χ3n) is 4.04. The quantitative estimate of drug-likeness (QED) is 0.786. The summed E-state index contributed by atoms with van der Waals surface area (Å²) >= 11 is 0. The third-order valence-corrected chi connectivity index (χ3v) is 4.04. The minimum absolute atomic E-state index is 0.0775. The molecular weight excluding hydrogens is 220 g/mol. The second-order valence-electron chi connectivity index (χ2n) is 4.97. The maximum absolute atomic E-state index is 11.6. The fraction of sp³-hybridized carbons (Fsp3) is 0.538. The van der Waals surface area contributed by atoms with Crippen LogP contribution in [0.25, 0.3) is 0 Å². The van der Waals surface area contributed by atoms with Crippen molar-refractivity contribution >= 4 is 11.9 Å². The van der Waals surface area contributed by atoms with E-state index in [1.54, 1.807) is 26.0 Å². The summed E-state index contributed by atoms with van der Waals surface area (Å²) in [5.41, 5.74) is -0.128. The minimum Gasteiger partial charge on any atom is -0.481 e. The molecule has 0 spiro atoms. The Morgan fingerprint density at radius 2 is 1.94 bits per heavy atom. The molecule has 0 aliphatic heterocycles. The summed E-state index contributed by atoms with van der Waals surface area (Å²) in [6.45, 7) is 3.43. The first-order chi connectivity index (χ1) is 7.91. The van der Waals surface area contributed by atoms with Gasteiger partial charge in [-0.3, -0.25) is 4.79 Å². The number of carboxylic acid groups (broad SMARTS) is 2. The molecule has 1 fully saturated rings. The van der Waals surface area contributed by atoms with Crippen LogP contribution in [0.3, 0.4) is 0 Å². The molecule has 1 saturated carbocycles. The van der Waals surface area contributed by atoms with Crippen molar-refractivity contribution in [3.63, 3.8) is 0 Å². The Kier molecular flexibility index (Phi) is 2.60. The van der Waals surface area contributed by atoms with Gasteiger partial charge in [-0.2, -0.15) is 0 Å². The number of hydrogen-bond acceptors (Lipinski definition) is 2. The summed E-state index contributed by atoms with van der Waals surface area (Å²) in [6, 6.07) is 0. The molecule has 0 heterocycles. The van der Waals surface area contributed by atoms with Crippen LogP contribution >= 0.6 is 0 Å². The molecule has 17 heavy (non-hydrogen) atoms. The monoisotopic (exact) mass is 236 g/mol. The molecule has 2 unspecified atom stereocenters. The van der Waals surface area contributed by atoms with Crippen molar-refractivity contribution in [2.45, 2.75) is 26.7 Å². The second-order valence-corrected chi connectivity index (χ2v) is 4.97. The molecule has 0 aromatic carbocycles. The Hall–Kier alpha value is -1.58. The summed E-state index contributed by atoms with van der Waals surface area (Å²) < 4.78 is 0. The van der Waals surface area contributed by atoms with E-state index in [4.69, 9.17) is 0 Å². The van der Waals surface area contributed by atoms with Crippen molar-refractivity contribution in [2.24, 2.45) is 17.3 Å². The lowest BCUT2D eigenvalue weighted by Crippen LogP contribution is -2.41. The molecule has 0 radical (unpaired) electrons. The number of allylic oxidation sites excluding steroid dienone is 2. The van der Waals surface area contributed by atoms with E-state index in [1.807, 2.05) is 0 Å². The van der Waals surface area contributed by atoms with E-state index in [2.05, 4.69) is 0 Å². The highest BCUT2D eigenvalue weighted by Crippen LogP contribution is 2.55. The van der Waals surface area contributed by atoms with Gasteiger partial charge in [-0.1, -0.05) is 19.1 Å². The van der Waals surface area contributed by atoms with Gasteiger partial charge in [0.2, 0.25) is 0 Å². The maximum atomic E-state index is 11.6. The average Bonchev–Trinajstić information content (AvgIpc) is 3.01. The van der Waals surface area contributed by atoms with Crippen LogP contribution in [-0.4, -0.2) is 22.2 Å². The van der Waals surface area contributed by atoms with E-state index in [1.165, 1.54) is 0 Å². The largest absolute Gasteiger partial charge is 0.481 e. The summed E-state index contributed by atoms with van der Waals surface area (Å²) in [5.74, 6) is -2.32. The zero-order chi connectivity index (χ0) is 12.8. The maximum Gasteiger partial charge on any atom is 0.332 e. The molecule has 2 N–H and O–H groups in total. The van der Waals surface area contributed by atoms with Gasteiger partial charge in [-0.15, -0.1) is 0 Å². The van der Waals surface area contributed by atoms with Gasteiger partial charge in [-0.05, 0) is 31.3 Å². The van der Waals surface area contributed by atoms with Gasteiger partial charge in [0.25, 0.3) is 0 Å². The lowest BCUT2D eigenvalue weighted by molar-refractivity contribution is -0.150. The number of hydrogen-bond donors (Lipinski definition) is 2. The Bertz CT molecular complexity index is 442. The van der Waals surface area contributed by atoms with Crippen LogP contribution < -0.4 is 0 Å². The average molecular weight is 236 g/mol.